The van der Waals surface area contributed by atoms with Crippen molar-refractivity contribution in [1.82, 2.24) is 9.97 Å². The van der Waals surface area contributed by atoms with E-state index in [0.29, 0.717) is 12.1 Å². The average Bonchev–Trinajstić information content (AvgIpc) is 2.70. The molecule has 1 amide bonds. The molecule has 18 heavy (non-hydrogen) atoms. The summed E-state index contributed by atoms with van der Waals surface area (Å²) in [6, 6.07) is 5.51. The number of aliphatic hydroxyl groups excluding tert-OH is 1. The first kappa shape index (κ1) is 12.6. The Balaban J connectivity index is 2.18. The van der Waals surface area contributed by atoms with Crippen LogP contribution in [0.3, 0.4) is 0 Å². The van der Waals surface area contributed by atoms with E-state index in [4.69, 9.17) is 5.11 Å². The largest absolute Gasteiger partial charge is 0.396 e. The molecule has 0 aliphatic carbocycles. The zero-order valence-corrected chi connectivity index (χ0v) is 10.5. The number of fused-ring (bicyclic) bond motifs is 1. The summed E-state index contributed by atoms with van der Waals surface area (Å²) in [6.45, 7) is 3.63. The second kappa shape index (κ2) is 5.18. The number of amides is 1. The van der Waals surface area contributed by atoms with Crippen molar-refractivity contribution < 1.29 is 9.90 Å². The molecule has 2 rings (SSSR count). The van der Waals surface area contributed by atoms with Crippen LogP contribution in [0.15, 0.2) is 18.2 Å². The van der Waals surface area contributed by atoms with E-state index in [0.717, 1.165) is 16.9 Å². The van der Waals surface area contributed by atoms with Crippen molar-refractivity contribution in [1.29, 1.82) is 0 Å². The molecule has 2 aromatic rings. The number of hydrogen-bond donors (Lipinski definition) is 3. The van der Waals surface area contributed by atoms with Crippen molar-refractivity contribution in [3.8, 4) is 0 Å². The molecule has 1 atom stereocenters. The molecule has 96 valence electrons. The van der Waals surface area contributed by atoms with Crippen LogP contribution in [0.2, 0.25) is 0 Å². The molecule has 0 bridgehead atoms. The second-order valence-electron chi connectivity index (χ2n) is 4.33. The van der Waals surface area contributed by atoms with E-state index >= 15 is 0 Å². The van der Waals surface area contributed by atoms with Gasteiger partial charge in [-0.05, 0) is 31.5 Å². The number of benzene rings is 1. The Morgan fingerprint density at radius 1 is 1.56 bits per heavy atom. The molecule has 0 saturated carbocycles. The lowest BCUT2D eigenvalue weighted by Gasteiger charge is -2.11. The van der Waals surface area contributed by atoms with Gasteiger partial charge in [-0.1, -0.05) is 6.92 Å². The first-order valence-electron chi connectivity index (χ1n) is 6.02. The summed E-state index contributed by atoms with van der Waals surface area (Å²) < 4.78 is 0. The molecule has 0 saturated heterocycles. The SMILES string of the molecule is CCC(CO)C(=O)Nc1ccc2nc(C)[nH]c2c1. The van der Waals surface area contributed by atoms with Gasteiger partial charge in [0.05, 0.1) is 23.6 Å². The van der Waals surface area contributed by atoms with E-state index in [1.807, 2.05) is 32.0 Å². The molecule has 1 aromatic carbocycles. The van der Waals surface area contributed by atoms with Gasteiger partial charge in [0.25, 0.3) is 0 Å². The Bertz CT molecular complexity index is 558. The zero-order chi connectivity index (χ0) is 13.1. The van der Waals surface area contributed by atoms with Gasteiger partial charge in [0.2, 0.25) is 5.91 Å². The Hall–Kier alpha value is -1.88. The normalized spacial score (nSPS) is 12.6. The quantitative estimate of drug-likeness (QED) is 0.771. The lowest BCUT2D eigenvalue weighted by molar-refractivity contribution is -0.121. The third kappa shape index (κ3) is 2.51. The molecule has 5 nitrogen and oxygen atoms in total. The van der Waals surface area contributed by atoms with Crippen molar-refractivity contribution >= 4 is 22.6 Å². The van der Waals surface area contributed by atoms with Gasteiger partial charge in [-0.3, -0.25) is 4.79 Å². The monoisotopic (exact) mass is 247 g/mol. The Morgan fingerprint density at radius 3 is 3.00 bits per heavy atom. The van der Waals surface area contributed by atoms with Crippen molar-refractivity contribution in [2.24, 2.45) is 5.92 Å². The molecular formula is C13H17N3O2. The standard InChI is InChI=1S/C13H17N3O2/c1-3-9(7-17)13(18)16-10-4-5-11-12(6-10)15-8(2)14-11/h4-6,9,17H,3,7H2,1-2H3,(H,14,15)(H,16,18). The van der Waals surface area contributed by atoms with Gasteiger partial charge in [0.1, 0.15) is 5.82 Å². The van der Waals surface area contributed by atoms with E-state index in [1.54, 1.807) is 0 Å². The number of carbonyl (C=O) groups excluding carboxylic acids is 1. The van der Waals surface area contributed by atoms with Crippen LogP contribution in [-0.2, 0) is 4.79 Å². The number of nitrogens with zero attached hydrogens (tertiary/aromatic N) is 1. The van der Waals surface area contributed by atoms with E-state index in [1.165, 1.54) is 0 Å². The first-order valence-corrected chi connectivity index (χ1v) is 6.02. The number of hydrogen-bond acceptors (Lipinski definition) is 3. The summed E-state index contributed by atoms with van der Waals surface area (Å²) in [5, 5.41) is 11.9. The van der Waals surface area contributed by atoms with Crippen LogP contribution in [0.25, 0.3) is 11.0 Å². The van der Waals surface area contributed by atoms with Crippen LogP contribution in [-0.4, -0.2) is 27.6 Å². The number of aliphatic hydroxyl groups is 1. The van der Waals surface area contributed by atoms with Crippen LogP contribution in [0.5, 0.6) is 0 Å². The van der Waals surface area contributed by atoms with Crippen LogP contribution in [0.1, 0.15) is 19.2 Å². The highest BCUT2D eigenvalue weighted by Gasteiger charge is 2.15. The fraction of sp³-hybridized carbons (Fsp3) is 0.385. The van der Waals surface area contributed by atoms with Gasteiger partial charge in [-0.15, -0.1) is 0 Å². The summed E-state index contributed by atoms with van der Waals surface area (Å²) >= 11 is 0. The van der Waals surface area contributed by atoms with Gasteiger partial charge in [0, 0.05) is 5.69 Å². The van der Waals surface area contributed by atoms with E-state index in [-0.39, 0.29) is 18.4 Å². The van der Waals surface area contributed by atoms with Crippen molar-refractivity contribution in [2.75, 3.05) is 11.9 Å². The molecule has 1 unspecified atom stereocenters. The molecule has 0 radical (unpaired) electrons. The average molecular weight is 247 g/mol. The smallest absolute Gasteiger partial charge is 0.229 e. The molecule has 0 aliphatic heterocycles. The Morgan fingerprint density at radius 2 is 2.33 bits per heavy atom. The third-order valence-corrected chi connectivity index (χ3v) is 2.95. The predicted molar refractivity (Wildman–Crippen MR) is 70.3 cm³/mol. The van der Waals surface area contributed by atoms with E-state index in [9.17, 15) is 4.79 Å². The zero-order valence-electron chi connectivity index (χ0n) is 10.5. The van der Waals surface area contributed by atoms with Gasteiger partial charge >= 0.3 is 0 Å². The lowest BCUT2D eigenvalue weighted by atomic mass is 10.1. The number of rotatable bonds is 4. The lowest BCUT2D eigenvalue weighted by Crippen LogP contribution is -2.24. The maximum absolute atomic E-state index is 11.8. The minimum atomic E-state index is -0.357. The minimum absolute atomic E-state index is 0.131. The number of carbonyl (C=O) groups is 1. The van der Waals surface area contributed by atoms with Crippen molar-refractivity contribution in [2.45, 2.75) is 20.3 Å². The number of H-pyrrole nitrogens is 1. The first-order chi connectivity index (χ1) is 8.63. The van der Waals surface area contributed by atoms with Crippen molar-refractivity contribution in [3.05, 3.63) is 24.0 Å². The highest BCUT2D eigenvalue weighted by molar-refractivity contribution is 5.94. The fourth-order valence-electron chi connectivity index (χ4n) is 1.86. The van der Waals surface area contributed by atoms with Gasteiger partial charge in [-0.2, -0.15) is 0 Å². The second-order valence-corrected chi connectivity index (χ2v) is 4.33. The summed E-state index contributed by atoms with van der Waals surface area (Å²) in [5.41, 5.74) is 2.48. The molecule has 0 aliphatic rings. The topological polar surface area (TPSA) is 78.0 Å². The number of imidazole rings is 1. The van der Waals surface area contributed by atoms with Gasteiger partial charge in [-0.25, -0.2) is 4.98 Å². The molecule has 1 heterocycles. The van der Waals surface area contributed by atoms with Crippen LogP contribution in [0.4, 0.5) is 5.69 Å². The summed E-state index contributed by atoms with van der Waals surface area (Å²) in [5.74, 6) is 0.329. The molecule has 1 aromatic heterocycles. The van der Waals surface area contributed by atoms with Gasteiger partial charge in [0.15, 0.2) is 0 Å². The minimum Gasteiger partial charge on any atom is -0.396 e. The Labute approximate surface area is 105 Å². The molecular weight excluding hydrogens is 230 g/mol. The Kier molecular flexibility index (Phi) is 3.62. The van der Waals surface area contributed by atoms with Crippen LogP contribution >= 0.6 is 0 Å². The predicted octanol–water partition coefficient (Wildman–Crippen LogP) is 1.83. The van der Waals surface area contributed by atoms with E-state index < -0.39 is 0 Å². The number of nitrogens with one attached hydrogen (secondary N) is 2. The molecule has 0 spiro atoms. The highest BCUT2D eigenvalue weighted by Crippen LogP contribution is 2.18. The maximum atomic E-state index is 11.8. The molecule has 5 heteroatoms. The summed E-state index contributed by atoms with van der Waals surface area (Å²) in [7, 11) is 0. The number of aromatic amines is 1. The number of aromatic nitrogens is 2. The number of aryl methyl sites for hydroxylation is 1. The van der Waals surface area contributed by atoms with E-state index in [2.05, 4.69) is 15.3 Å². The number of anilines is 1. The molecule has 0 fully saturated rings. The summed E-state index contributed by atoms with van der Waals surface area (Å²) in [4.78, 5) is 19.2. The highest BCUT2D eigenvalue weighted by atomic mass is 16.3. The third-order valence-electron chi connectivity index (χ3n) is 2.95. The maximum Gasteiger partial charge on any atom is 0.229 e. The molecule has 3 N–H and O–H groups in total. The van der Waals surface area contributed by atoms with Crippen LogP contribution < -0.4 is 5.32 Å². The summed E-state index contributed by atoms with van der Waals surface area (Å²) in [6.07, 6.45) is 0.619. The van der Waals surface area contributed by atoms with Gasteiger partial charge < -0.3 is 15.4 Å². The van der Waals surface area contributed by atoms with Crippen LogP contribution in [0, 0.1) is 12.8 Å². The fourth-order valence-corrected chi connectivity index (χ4v) is 1.86. The van der Waals surface area contributed by atoms with Crippen molar-refractivity contribution in [3.63, 3.8) is 0 Å².